The number of hydrogen-bond donors (Lipinski definition) is 1. The number of anilines is 1. The number of aromatic amines is 1. The average Bonchev–Trinajstić information content (AvgIpc) is 3.13. The molecule has 3 aromatic rings. The van der Waals surface area contributed by atoms with Crippen LogP contribution in [-0.4, -0.2) is 47.8 Å². The maximum Gasteiger partial charge on any atom is 0.251 e. The number of halogens is 4. The van der Waals surface area contributed by atoms with Crippen molar-refractivity contribution < 1.29 is 22.4 Å². The molecule has 0 bridgehead atoms. The third kappa shape index (κ3) is 3.90. The summed E-state index contributed by atoms with van der Waals surface area (Å²) in [6, 6.07) is 8.75. The van der Waals surface area contributed by atoms with Crippen molar-refractivity contribution in [2.75, 3.05) is 24.5 Å². The van der Waals surface area contributed by atoms with Crippen LogP contribution in [0.5, 0.6) is 0 Å². The van der Waals surface area contributed by atoms with Gasteiger partial charge >= 0.3 is 0 Å². The van der Waals surface area contributed by atoms with Gasteiger partial charge in [-0.15, -0.1) is 0 Å². The van der Waals surface area contributed by atoms with Crippen LogP contribution >= 0.6 is 0 Å². The van der Waals surface area contributed by atoms with Crippen LogP contribution < -0.4 is 4.90 Å². The highest BCUT2D eigenvalue weighted by Crippen LogP contribution is 2.43. The first kappa shape index (κ1) is 21.9. The number of aromatic nitrogens is 1. The zero-order chi connectivity index (χ0) is 23.3. The highest BCUT2D eigenvalue weighted by atomic mass is 19.3. The number of piperidine rings is 1. The fourth-order valence-corrected chi connectivity index (χ4v) is 5.29. The maximum atomic E-state index is 15.6. The van der Waals surface area contributed by atoms with Crippen LogP contribution in [0.4, 0.5) is 23.2 Å². The molecule has 2 aliphatic rings. The Morgan fingerprint density at radius 2 is 1.76 bits per heavy atom. The monoisotopic (exact) mass is 459 g/mol. The second-order valence-electron chi connectivity index (χ2n) is 8.96. The van der Waals surface area contributed by atoms with Crippen molar-refractivity contribution in [3.8, 4) is 0 Å². The Morgan fingerprint density at radius 1 is 1.09 bits per heavy atom. The van der Waals surface area contributed by atoms with Gasteiger partial charge < -0.3 is 9.88 Å². The molecule has 1 fully saturated rings. The molecule has 0 radical (unpaired) electrons. The minimum absolute atomic E-state index is 0.133. The van der Waals surface area contributed by atoms with E-state index in [-0.39, 0.29) is 17.4 Å². The highest BCUT2D eigenvalue weighted by Gasteiger charge is 2.40. The van der Waals surface area contributed by atoms with E-state index in [9.17, 15) is 13.6 Å². The zero-order valence-corrected chi connectivity index (χ0v) is 18.3. The van der Waals surface area contributed by atoms with Crippen LogP contribution in [0.1, 0.15) is 42.6 Å². The third-order valence-corrected chi connectivity index (χ3v) is 6.89. The number of rotatable bonds is 4. The van der Waals surface area contributed by atoms with Crippen molar-refractivity contribution >= 4 is 22.4 Å². The van der Waals surface area contributed by atoms with Crippen molar-refractivity contribution in [3.63, 3.8) is 0 Å². The highest BCUT2D eigenvalue weighted by molar-refractivity contribution is 5.85. The van der Waals surface area contributed by atoms with Crippen LogP contribution in [0.3, 0.4) is 0 Å². The van der Waals surface area contributed by atoms with Gasteiger partial charge in [0.25, 0.3) is 6.43 Å². The summed E-state index contributed by atoms with van der Waals surface area (Å²) in [5.41, 5.74) is 2.42. The lowest BCUT2D eigenvalue weighted by Crippen LogP contribution is -2.45. The molecule has 2 atom stereocenters. The Bertz CT molecular complexity index is 1170. The average molecular weight is 459 g/mol. The number of H-pyrrole nitrogens is 1. The van der Waals surface area contributed by atoms with E-state index in [1.165, 1.54) is 17.0 Å². The number of hydrogen-bond acceptors (Lipinski definition) is 3. The van der Waals surface area contributed by atoms with E-state index in [0.717, 1.165) is 16.5 Å². The molecule has 174 valence electrons. The molecular weight excluding hydrogens is 434 g/mol. The quantitative estimate of drug-likeness (QED) is 0.544. The van der Waals surface area contributed by atoms with Gasteiger partial charge in [-0.05, 0) is 37.1 Å². The van der Waals surface area contributed by atoms with E-state index in [2.05, 4.69) is 4.98 Å². The first-order chi connectivity index (χ1) is 15.8. The summed E-state index contributed by atoms with van der Waals surface area (Å²) in [5, 5.41) is 0.941. The number of benzene rings is 2. The van der Waals surface area contributed by atoms with Crippen LogP contribution in [0, 0.1) is 11.6 Å². The second-order valence-corrected chi connectivity index (χ2v) is 8.96. The van der Waals surface area contributed by atoms with Gasteiger partial charge in [0.1, 0.15) is 17.4 Å². The lowest BCUT2D eigenvalue weighted by Gasteiger charge is -2.41. The summed E-state index contributed by atoms with van der Waals surface area (Å²) in [6.45, 7) is 2.03. The molecule has 0 amide bonds. The van der Waals surface area contributed by atoms with E-state index >= 15 is 8.78 Å². The number of para-hydroxylation sites is 1. The number of Topliss-reactive ketones (excluding diaryl/α,β-unsaturated/α-hetero) is 1. The molecule has 1 aromatic heterocycles. The van der Waals surface area contributed by atoms with Crippen LogP contribution in [0.15, 0.2) is 36.4 Å². The van der Waals surface area contributed by atoms with Crippen LogP contribution in [0.2, 0.25) is 0 Å². The first-order valence-electron chi connectivity index (χ1n) is 11.2. The molecular formula is C25H25F4N3O. The summed E-state index contributed by atoms with van der Waals surface area (Å²) in [7, 11) is 0. The van der Waals surface area contributed by atoms with Gasteiger partial charge in [0, 0.05) is 59.8 Å². The molecule has 1 unspecified atom stereocenters. The topological polar surface area (TPSA) is 39.3 Å². The fourth-order valence-electron chi connectivity index (χ4n) is 5.29. The molecule has 1 saturated heterocycles. The SMILES string of the molecule is CC1Cc2c([nH]c3ccccc23)[C@@H](c2c(F)cc(N3CCC(=O)CC3)cc2F)N1CC(F)F. The molecule has 33 heavy (non-hydrogen) atoms. The Hall–Kier alpha value is -2.87. The molecule has 1 N–H and O–H groups in total. The summed E-state index contributed by atoms with van der Waals surface area (Å²) in [6.07, 6.45) is -1.46. The van der Waals surface area contributed by atoms with E-state index in [4.69, 9.17) is 0 Å². The molecule has 2 aromatic carbocycles. The number of nitrogens with one attached hydrogen (secondary N) is 1. The van der Waals surface area contributed by atoms with Crippen LogP contribution in [-0.2, 0) is 11.2 Å². The molecule has 3 heterocycles. The molecule has 2 aliphatic heterocycles. The number of carbonyl (C=O) groups excluding carboxylic acids is 1. The Labute approximate surface area is 189 Å². The lowest BCUT2D eigenvalue weighted by molar-refractivity contribution is -0.119. The molecule has 0 aliphatic carbocycles. The van der Waals surface area contributed by atoms with Gasteiger partial charge in [0.2, 0.25) is 0 Å². The predicted molar refractivity (Wildman–Crippen MR) is 119 cm³/mol. The number of fused-ring (bicyclic) bond motifs is 3. The van der Waals surface area contributed by atoms with Crippen LogP contribution in [0.25, 0.3) is 10.9 Å². The van der Waals surface area contributed by atoms with E-state index in [0.29, 0.717) is 43.7 Å². The van der Waals surface area contributed by atoms with Crippen molar-refractivity contribution in [2.24, 2.45) is 0 Å². The largest absolute Gasteiger partial charge is 0.370 e. The Morgan fingerprint density at radius 3 is 2.42 bits per heavy atom. The summed E-state index contributed by atoms with van der Waals surface area (Å²) < 4.78 is 58.2. The maximum absolute atomic E-state index is 15.6. The minimum Gasteiger partial charge on any atom is -0.370 e. The Balaban J connectivity index is 1.63. The summed E-state index contributed by atoms with van der Waals surface area (Å²) >= 11 is 0. The van der Waals surface area contributed by atoms with Crippen molar-refractivity contribution in [2.45, 2.75) is 44.7 Å². The van der Waals surface area contributed by atoms with Crippen molar-refractivity contribution in [1.29, 1.82) is 0 Å². The summed E-state index contributed by atoms with van der Waals surface area (Å²) in [4.78, 5) is 18.1. The van der Waals surface area contributed by atoms with Gasteiger partial charge in [0.15, 0.2) is 0 Å². The van der Waals surface area contributed by atoms with Gasteiger partial charge in [-0.25, -0.2) is 17.6 Å². The molecule has 4 nitrogen and oxygen atoms in total. The van der Waals surface area contributed by atoms with Gasteiger partial charge in [-0.1, -0.05) is 18.2 Å². The number of nitrogens with zero attached hydrogens (tertiary/aromatic N) is 2. The third-order valence-electron chi connectivity index (χ3n) is 6.89. The van der Waals surface area contributed by atoms with E-state index in [1.54, 1.807) is 4.90 Å². The van der Waals surface area contributed by atoms with Gasteiger partial charge in [-0.2, -0.15) is 0 Å². The predicted octanol–water partition coefficient (Wildman–Crippen LogP) is 5.22. The molecule has 0 saturated carbocycles. The van der Waals surface area contributed by atoms with E-state index < -0.39 is 30.6 Å². The standard InChI is InChI=1S/C25H25F4N3O/c1-14-10-18-17-4-2-3-5-21(17)30-24(18)25(32(14)13-22(28)29)23-19(26)11-15(12-20(23)27)31-8-6-16(33)7-9-31/h2-5,11-12,14,22,25,30H,6-10,13H2,1H3/t14?,25-/m1/s1. The number of carbonyl (C=O) groups is 1. The van der Waals surface area contributed by atoms with Crippen molar-refractivity contribution in [1.82, 2.24) is 9.88 Å². The molecule has 8 heteroatoms. The Kier molecular flexibility index (Phi) is 5.64. The second kappa shape index (κ2) is 8.48. The molecule has 0 spiro atoms. The van der Waals surface area contributed by atoms with E-state index in [1.807, 2.05) is 31.2 Å². The lowest BCUT2D eigenvalue weighted by atomic mass is 9.88. The minimum atomic E-state index is -2.64. The fraction of sp³-hybridized carbons (Fsp3) is 0.400. The number of ketones is 1. The normalized spacial score (nSPS) is 21.8. The van der Waals surface area contributed by atoms with Gasteiger partial charge in [-0.3, -0.25) is 9.69 Å². The van der Waals surface area contributed by atoms with Gasteiger partial charge in [0.05, 0.1) is 12.6 Å². The zero-order valence-electron chi connectivity index (χ0n) is 18.3. The first-order valence-corrected chi connectivity index (χ1v) is 11.2. The summed E-state index contributed by atoms with van der Waals surface area (Å²) in [5.74, 6) is -1.41. The number of alkyl halides is 2. The van der Waals surface area contributed by atoms with Crippen molar-refractivity contribution in [3.05, 3.63) is 64.9 Å². The smallest absolute Gasteiger partial charge is 0.251 e. The molecule has 5 rings (SSSR count).